The molecule has 0 unspecified atom stereocenters. The van der Waals surface area contributed by atoms with Gasteiger partial charge in [0.25, 0.3) is 0 Å². The van der Waals surface area contributed by atoms with Gasteiger partial charge in [0.15, 0.2) is 0 Å². The second-order valence-electron chi connectivity index (χ2n) is 5.72. The van der Waals surface area contributed by atoms with E-state index in [1.807, 2.05) is 10.6 Å². The number of amides is 2. The zero-order chi connectivity index (χ0) is 22.4. The van der Waals surface area contributed by atoms with Crippen molar-refractivity contribution in [3.05, 3.63) is 54.1 Å². The van der Waals surface area contributed by atoms with E-state index in [1.165, 1.54) is 0 Å². The molecule has 29 heavy (non-hydrogen) atoms. The monoisotopic (exact) mass is 456 g/mol. The first-order chi connectivity index (χ1) is 12.8. The first-order valence-electron chi connectivity index (χ1n) is 7.27. The highest BCUT2D eigenvalue weighted by Gasteiger charge is 2.65. The lowest BCUT2D eigenvalue weighted by Crippen LogP contribution is -2.33. The van der Waals surface area contributed by atoms with Gasteiger partial charge in [0.1, 0.15) is 4.90 Å². The van der Waals surface area contributed by atoms with Gasteiger partial charge >= 0.3 is 28.4 Å². The number of carbonyl (C=O) groups excluding carboxylic acids is 1. The van der Waals surface area contributed by atoms with Crippen LogP contribution in [0.25, 0.3) is 0 Å². The minimum absolute atomic E-state index is 0.0607. The first kappa shape index (κ1) is 22.6. The van der Waals surface area contributed by atoms with Crippen LogP contribution in [-0.4, -0.2) is 12.2 Å². The van der Waals surface area contributed by atoms with Crippen LogP contribution < -0.4 is 10.6 Å². The number of benzene rings is 2. The third-order valence-corrected chi connectivity index (χ3v) is 4.58. The lowest BCUT2D eigenvalue weighted by Gasteiger charge is -2.40. The van der Waals surface area contributed by atoms with Gasteiger partial charge in [-0.05, 0) is 36.4 Å². The highest BCUT2D eigenvalue weighted by molar-refractivity contribution is 8.45. The highest BCUT2D eigenvalue weighted by Crippen LogP contribution is 3.02. The smallest absolute Gasteiger partial charge is 0.308 e. The van der Waals surface area contributed by atoms with Crippen molar-refractivity contribution in [2.75, 3.05) is 10.6 Å². The summed E-state index contributed by atoms with van der Waals surface area (Å²) in [6.45, 7) is 0. The zero-order valence-corrected chi connectivity index (χ0v) is 14.5. The van der Waals surface area contributed by atoms with Crippen LogP contribution in [0.3, 0.4) is 0 Å². The van der Waals surface area contributed by atoms with Crippen LogP contribution >= 0.6 is 10.2 Å². The molecule has 0 aromatic heterocycles. The Morgan fingerprint density at radius 1 is 0.690 bits per heavy atom. The number of anilines is 2. The van der Waals surface area contributed by atoms with E-state index in [-0.39, 0.29) is 23.5 Å². The molecule has 2 amide bonds. The maximum absolute atomic E-state index is 13.2. The number of hydrogen-bond acceptors (Lipinski definition) is 1. The Balaban J connectivity index is 2.07. The third-order valence-electron chi connectivity index (χ3n) is 3.42. The Morgan fingerprint density at radius 2 is 1.07 bits per heavy atom. The van der Waals surface area contributed by atoms with Crippen LogP contribution in [0.15, 0.2) is 53.4 Å². The summed E-state index contributed by atoms with van der Waals surface area (Å²) in [5.41, 5.74) is -1.90. The number of carbonyl (C=O) groups is 1. The molecule has 3 nitrogen and oxygen atoms in total. The molecule has 0 radical (unpaired) electrons. The van der Waals surface area contributed by atoms with Crippen LogP contribution in [0.2, 0.25) is 0 Å². The van der Waals surface area contributed by atoms with E-state index >= 15 is 0 Å². The Bertz CT molecular complexity index is 906. The SMILES string of the molecule is O=C(Nc1ccc(C(F)(F)C(F)(F)F)cc1)Nc1ccc(S(F)(F)(F)(F)F)cc1. The number of urea groups is 1. The molecule has 0 bridgehead atoms. The number of alkyl halides is 5. The Hall–Kier alpha value is -2.64. The predicted molar refractivity (Wildman–Crippen MR) is 86.9 cm³/mol. The molecule has 0 heterocycles. The molecule has 0 spiro atoms. The van der Waals surface area contributed by atoms with E-state index in [1.54, 1.807) is 0 Å². The molecule has 0 atom stereocenters. The Morgan fingerprint density at radius 3 is 1.41 bits per heavy atom. The summed E-state index contributed by atoms with van der Waals surface area (Å²) in [6, 6.07) is 2.45. The number of rotatable bonds is 4. The summed E-state index contributed by atoms with van der Waals surface area (Å²) >= 11 is 0. The molecule has 0 fully saturated rings. The van der Waals surface area contributed by atoms with Crippen LogP contribution in [0.1, 0.15) is 5.56 Å². The van der Waals surface area contributed by atoms with Crippen molar-refractivity contribution in [2.45, 2.75) is 17.0 Å². The van der Waals surface area contributed by atoms with Crippen molar-refractivity contribution in [2.24, 2.45) is 0 Å². The summed E-state index contributed by atoms with van der Waals surface area (Å²) < 4.78 is 126. The average Bonchev–Trinajstić information content (AvgIpc) is 2.52. The minimum Gasteiger partial charge on any atom is -0.308 e. The first-order valence-corrected chi connectivity index (χ1v) is 9.22. The molecule has 2 N–H and O–H groups in total. The average molecular weight is 456 g/mol. The lowest BCUT2D eigenvalue weighted by molar-refractivity contribution is -0.289. The van der Waals surface area contributed by atoms with Gasteiger partial charge < -0.3 is 10.6 Å². The third kappa shape index (κ3) is 5.46. The molecular weight excluding hydrogens is 446 g/mol. The van der Waals surface area contributed by atoms with E-state index in [4.69, 9.17) is 0 Å². The molecule has 0 aliphatic carbocycles. The van der Waals surface area contributed by atoms with Crippen molar-refractivity contribution in [3.8, 4) is 0 Å². The maximum atomic E-state index is 13.2. The largest absolute Gasteiger partial charge is 0.458 e. The van der Waals surface area contributed by atoms with Crippen LogP contribution in [0.4, 0.5) is 57.6 Å². The molecule has 2 rings (SSSR count). The Labute approximate surface area is 156 Å². The standard InChI is InChI=1S/C15H10F10N2OS/c16-14(17,15(18,19)20)9-1-3-10(4-2-9)26-13(28)27-11-5-7-12(8-6-11)29(21,22,23,24)25/h1-8H,(H2,26,27,28). The fraction of sp³-hybridized carbons (Fsp3) is 0.133. The van der Waals surface area contributed by atoms with Gasteiger partial charge in [-0.2, -0.15) is 22.0 Å². The van der Waals surface area contributed by atoms with Crippen LogP contribution in [-0.2, 0) is 5.92 Å². The molecular formula is C15H10F10N2OS. The van der Waals surface area contributed by atoms with E-state index in [9.17, 15) is 46.2 Å². The van der Waals surface area contributed by atoms with Gasteiger partial charge in [0, 0.05) is 16.9 Å². The van der Waals surface area contributed by atoms with Gasteiger partial charge in [0.2, 0.25) is 0 Å². The van der Waals surface area contributed by atoms with Crippen molar-refractivity contribution in [1.29, 1.82) is 0 Å². The normalized spacial score (nSPS) is 15.2. The number of hydrogen-bond donors (Lipinski definition) is 2. The summed E-state index contributed by atoms with van der Waals surface area (Å²) in [5, 5.41) is 4.01. The second-order valence-corrected chi connectivity index (χ2v) is 8.13. The molecule has 0 aliphatic rings. The van der Waals surface area contributed by atoms with Gasteiger partial charge in [0.05, 0.1) is 0 Å². The van der Waals surface area contributed by atoms with E-state index < -0.39 is 38.8 Å². The van der Waals surface area contributed by atoms with Crippen molar-refractivity contribution < 1.29 is 46.2 Å². The van der Waals surface area contributed by atoms with Crippen molar-refractivity contribution >= 4 is 27.6 Å². The molecule has 2 aromatic carbocycles. The maximum Gasteiger partial charge on any atom is 0.458 e. The second kappa shape index (κ2) is 6.18. The van der Waals surface area contributed by atoms with E-state index in [0.717, 1.165) is 12.1 Å². The minimum atomic E-state index is -9.87. The zero-order valence-electron chi connectivity index (χ0n) is 13.7. The van der Waals surface area contributed by atoms with Crippen LogP contribution in [0, 0.1) is 0 Å². The fourth-order valence-corrected chi connectivity index (χ4v) is 2.67. The van der Waals surface area contributed by atoms with Gasteiger partial charge in [-0.15, -0.1) is 0 Å². The molecule has 0 aliphatic heterocycles. The highest BCUT2D eigenvalue weighted by atomic mass is 32.5. The predicted octanol–water partition coefficient (Wildman–Crippen LogP) is 7.64. The number of nitrogens with one attached hydrogen (secondary N) is 2. The summed E-state index contributed by atoms with van der Waals surface area (Å²) in [6.07, 6.45) is -5.82. The summed E-state index contributed by atoms with van der Waals surface area (Å²) in [7, 11) is -9.87. The molecule has 0 saturated carbocycles. The fourth-order valence-electron chi connectivity index (χ4n) is 2.02. The van der Waals surface area contributed by atoms with Crippen molar-refractivity contribution in [1.82, 2.24) is 0 Å². The summed E-state index contributed by atoms with van der Waals surface area (Å²) in [4.78, 5) is 9.55. The van der Waals surface area contributed by atoms with Gasteiger partial charge in [-0.1, -0.05) is 31.6 Å². The van der Waals surface area contributed by atoms with Crippen LogP contribution in [0.5, 0.6) is 0 Å². The van der Waals surface area contributed by atoms with E-state index in [2.05, 4.69) is 0 Å². The molecule has 2 aromatic rings. The topological polar surface area (TPSA) is 41.1 Å². The van der Waals surface area contributed by atoms with Crippen molar-refractivity contribution in [3.63, 3.8) is 0 Å². The Kier molecular flexibility index (Phi) is 4.82. The lowest BCUT2D eigenvalue weighted by atomic mass is 10.1. The molecule has 0 saturated heterocycles. The van der Waals surface area contributed by atoms with Gasteiger partial charge in [-0.25, -0.2) is 4.79 Å². The van der Waals surface area contributed by atoms with E-state index in [0.29, 0.717) is 24.3 Å². The summed E-state index contributed by atoms with van der Waals surface area (Å²) in [5.74, 6) is -5.11. The molecule has 14 heteroatoms. The number of halogens is 10. The molecule has 162 valence electrons. The van der Waals surface area contributed by atoms with Gasteiger partial charge in [-0.3, -0.25) is 0 Å². The quantitative estimate of drug-likeness (QED) is 0.456.